The summed E-state index contributed by atoms with van der Waals surface area (Å²) in [5.74, 6) is -0.293. The number of carbonyl (C=O) groups excluding carboxylic acids is 2. The van der Waals surface area contributed by atoms with Crippen molar-refractivity contribution < 1.29 is 29.0 Å². The van der Waals surface area contributed by atoms with Crippen molar-refractivity contribution >= 4 is 17.8 Å². The van der Waals surface area contributed by atoms with Gasteiger partial charge in [-0.05, 0) is 52.9 Å². The minimum absolute atomic E-state index is 0.0379. The minimum Gasteiger partial charge on any atom is -0.493 e. The maximum absolute atomic E-state index is 14.0. The molecule has 0 bridgehead atoms. The van der Waals surface area contributed by atoms with Crippen LogP contribution >= 0.6 is 0 Å². The Hall–Kier alpha value is -5.11. The summed E-state index contributed by atoms with van der Waals surface area (Å²) in [4.78, 5) is 42.4. The van der Waals surface area contributed by atoms with E-state index in [2.05, 4.69) is 0 Å². The van der Waals surface area contributed by atoms with E-state index in [1.54, 1.807) is 61.4 Å². The normalized spacial score (nSPS) is 10.6. The zero-order valence-electron chi connectivity index (χ0n) is 24.7. The summed E-state index contributed by atoms with van der Waals surface area (Å²) in [6.07, 6.45) is 0.284. The molecular weight excluding hydrogens is 544 g/mol. The molecule has 2 amide bonds. The van der Waals surface area contributed by atoms with Crippen molar-refractivity contribution in [3.8, 4) is 22.6 Å². The summed E-state index contributed by atoms with van der Waals surface area (Å²) in [6.45, 7) is 0.764. The van der Waals surface area contributed by atoms with Gasteiger partial charge in [-0.15, -0.1) is 0 Å². The molecule has 0 spiro atoms. The largest absolute Gasteiger partial charge is 0.493 e. The molecule has 8 heteroatoms. The maximum Gasteiger partial charge on any atom is 0.305 e. The first kappa shape index (κ1) is 30.8. The average Bonchev–Trinajstić information content (AvgIpc) is 3.04. The number of amides is 2. The number of carboxylic acid groups (broad SMARTS) is 1. The van der Waals surface area contributed by atoms with Crippen molar-refractivity contribution in [1.29, 1.82) is 0 Å². The lowest BCUT2D eigenvalue weighted by Crippen LogP contribution is -2.35. The van der Waals surface area contributed by atoms with Crippen LogP contribution in [0.25, 0.3) is 11.1 Å². The molecule has 222 valence electrons. The van der Waals surface area contributed by atoms with Crippen molar-refractivity contribution in [1.82, 2.24) is 9.80 Å². The summed E-state index contributed by atoms with van der Waals surface area (Å²) in [7, 11) is 4.88. The molecule has 1 N–H and O–H groups in total. The van der Waals surface area contributed by atoms with Crippen molar-refractivity contribution in [3.63, 3.8) is 0 Å². The SMILES string of the molecule is COc1ccc(CCN(CCC(=O)O)C(=O)c2ccccc2-c2ccccc2C(=O)N(C)Cc2ccccc2)cc1OC. The van der Waals surface area contributed by atoms with Crippen LogP contribution in [0.3, 0.4) is 0 Å². The predicted molar refractivity (Wildman–Crippen MR) is 166 cm³/mol. The summed E-state index contributed by atoms with van der Waals surface area (Å²) < 4.78 is 10.7. The smallest absolute Gasteiger partial charge is 0.305 e. The summed E-state index contributed by atoms with van der Waals surface area (Å²) >= 11 is 0. The third-order valence-corrected chi connectivity index (χ3v) is 7.22. The van der Waals surface area contributed by atoms with E-state index < -0.39 is 5.97 Å². The number of benzene rings is 4. The molecule has 0 unspecified atom stereocenters. The van der Waals surface area contributed by atoms with Gasteiger partial charge in [0.25, 0.3) is 11.8 Å². The van der Waals surface area contributed by atoms with E-state index in [0.29, 0.717) is 46.7 Å². The van der Waals surface area contributed by atoms with Crippen LogP contribution in [-0.4, -0.2) is 67.0 Å². The van der Waals surface area contributed by atoms with Gasteiger partial charge in [-0.2, -0.15) is 0 Å². The van der Waals surface area contributed by atoms with E-state index in [0.717, 1.165) is 11.1 Å². The number of rotatable bonds is 13. The monoisotopic (exact) mass is 580 g/mol. The second kappa shape index (κ2) is 14.7. The highest BCUT2D eigenvalue weighted by Crippen LogP contribution is 2.30. The summed E-state index contributed by atoms with van der Waals surface area (Å²) in [5, 5.41) is 9.40. The lowest BCUT2D eigenvalue weighted by atomic mass is 9.94. The molecule has 0 atom stereocenters. The molecule has 0 saturated heterocycles. The molecule has 0 radical (unpaired) electrons. The van der Waals surface area contributed by atoms with Crippen molar-refractivity contribution in [2.75, 3.05) is 34.4 Å². The Kier molecular flexibility index (Phi) is 10.5. The van der Waals surface area contributed by atoms with E-state index >= 15 is 0 Å². The van der Waals surface area contributed by atoms with E-state index in [1.165, 1.54) is 0 Å². The fourth-order valence-electron chi connectivity index (χ4n) is 4.96. The topological polar surface area (TPSA) is 96.4 Å². The van der Waals surface area contributed by atoms with Crippen molar-refractivity contribution in [2.24, 2.45) is 0 Å². The standard InChI is InChI=1S/C35H36N2O6/c1-36(24-26-11-5-4-6-12-26)34(40)29-15-9-7-13-27(29)28-14-8-10-16-30(28)35(41)37(22-20-33(38)39)21-19-25-17-18-31(42-2)32(23-25)43-3/h4-18,23H,19-22,24H2,1-3H3,(H,38,39). The zero-order valence-corrected chi connectivity index (χ0v) is 24.7. The van der Waals surface area contributed by atoms with E-state index in [-0.39, 0.29) is 31.3 Å². The number of carbonyl (C=O) groups is 3. The Bertz CT molecular complexity index is 1570. The fraction of sp³-hybridized carbons (Fsp3) is 0.229. The van der Waals surface area contributed by atoms with E-state index in [9.17, 15) is 19.5 Å². The number of nitrogens with zero attached hydrogens (tertiary/aromatic N) is 2. The number of ether oxygens (including phenoxy) is 2. The number of hydrogen-bond donors (Lipinski definition) is 1. The first-order chi connectivity index (χ1) is 20.8. The average molecular weight is 581 g/mol. The minimum atomic E-state index is -0.991. The molecule has 0 aliphatic heterocycles. The number of hydrogen-bond acceptors (Lipinski definition) is 5. The van der Waals surface area contributed by atoms with Crippen LogP contribution in [0.2, 0.25) is 0 Å². The van der Waals surface area contributed by atoms with Gasteiger partial charge in [0.15, 0.2) is 11.5 Å². The van der Waals surface area contributed by atoms with Crippen molar-refractivity contribution in [3.05, 3.63) is 119 Å². The van der Waals surface area contributed by atoms with Gasteiger partial charge in [0, 0.05) is 37.8 Å². The number of methoxy groups -OCH3 is 2. The fourth-order valence-corrected chi connectivity index (χ4v) is 4.96. The van der Waals surface area contributed by atoms with Crippen LogP contribution in [0.15, 0.2) is 97.1 Å². The van der Waals surface area contributed by atoms with Crippen LogP contribution in [-0.2, 0) is 17.8 Å². The number of carboxylic acids is 1. The second-order valence-corrected chi connectivity index (χ2v) is 10.1. The molecule has 8 nitrogen and oxygen atoms in total. The Morgan fingerprint density at radius 3 is 1.86 bits per heavy atom. The molecule has 43 heavy (non-hydrogen) atoms. The van der Waals surface area contributed by atoms with Gasteiger partial charge in [-0.1, -0.05) is 72.8 Å². The van der Waals surface area contributed by atoms with Crippen LogP contribution in [0.1, 0.15) is 38.3 Å². The molecule has 0 heterocycles. The lowest BCUT2D eigenvalue weighted by molar-refractivity contribution is -0.137. The van der Waals surface area contributed by atoms with Gasteiger partial charge in [-0.25, -0.2) is 0 Å². The number of aliphatic carboxylic acids is 1. The van der Waals surface area contributed by atoms with Gasteiger partial charge < -0.3 is 24.4 Å². The molecular formula is C35H36N2O6. The Morgan fingerprint density at radius 1 is 0.674 bits per heavy atom. The van der Waals surface area contributed by atoms with Crippen LogP contribution in [0.4, 0.5) is 0 Å². The van der Waals surface area contributed by atoms with Gasteiger partial charge in [0.1, 0.15) is 0 Å². The van der Waals surface area contributed by atoms with E-state index in [1.807, 2.05) is 66.7 Å². The Morgan fingerprint density at radius 2 is 1.26 bits per heavy atom. The molecule has 0 fully saturated rings. The third kappa shape index (κ3) is 7.80. The predicted octanol–water partition coefficient (Wildman–Crippen LogP) is 5.80. The quantitative estimate of drug-likeness (QED) is 0.215. The molecule has 4 aromatic carbocycles. The van der Waals surface area contributed by atoms with Crippen LogP contribution < -0.4 is 9.47 Å². The maximum atomic E-state index is 14.0. The van der Waals surface area contributed by atoms with Crippen LogP contribution in [0, 0.1) is 0 Å². The first-order valence-corrected chi connectivity index (χ1v) is 14.0. The third-order valence-electron chi connectivity index (χ3n) is 7.22. The molecule has 4 aromatic rings. The highest BCUT2D eigenvalue weighted by molar-refractivity contribution is 6.06. The highest BCUT2D eigenvalue weighted by atomic mass is 16.5. The molecule has 0 saturated carbocycles. The van der Waals surface area contributed by atoms with Gasteiger partial charge in [0.2, 0.25) is 0 Å². The summed E-state index contributed by atoms with van der Waals surface area (Å²) in [5.41, 5.74) is 4.03. The highest BCUT2D eigenvalue weighted by Gasteiger charge is 2.24. The van der Waals surface area contributed by atoms with Gasteiger partial charge >= 0.3 is 5.97 Å². The summed E-state index contributed by atoms with van der Waals surface area (Å²) in [6, 6.07) is 29.7. The molecule has 0 aliphatic carbocycles. The first-order valence-electron chi connectivity index (χ1n) is 14.0. The molecule has 0 aliphatic rings. The van der Waals surface area contributed by atoms with Gasteiger partial charge in [0.05, 0.1) is 20.6 Å². The van der Waals surface area contributed by atoms with Gasteiger partial charge in [-0.3, -0.25) is 14.4 Å². The lowest BCUT2D eigenvalue weighted by Gasteiger charge is -2.24. The van der Waals surface area contributed by atoms with Crippen LogP contribution in [0.5, 0.6) is 11.5 Å². The Labute approximate surface area is 252 Å². The molecule has 4 rings (SSSR count). The van der Waals surface area contributed by atoms with Crippen molar-refractivity contribution in [2.45, 2.75) is 19.4 Å². The zero-order chi connectivity index (χ0) is 30.8. The molecule has 0 aromatic heterocycles. The van der Waals surface area contributed by atoms with E-state index in [4.69, 9.17) is 9.47 Å². The Balaban J connectivity index is 1.63. The second-order valence-electron chi connectivity index (χ2n) is 10.1.